The van der Waals surface area contributed by atoms with Gasteiger partial charge in [-0.25, -0.2) is 17.7 Å². The summed E-state index contributed by atoms with van der Waals surface area (Å²) < 4.78 is 26.9. The molecule has 2 aromatic rings. The van der Waals surface area contributed by atoms with Crippen molar-refractivity contribution >= 4 is 27.0 Å². The van der Waals surface area contributed by atoms with Crippen molar-refractivity contribution < 1.29 is 13.2 Å². The third-order valence-electron chi connectivity index (χ3n) is 4.59. The van der Waals surface area contributed by atoms with Gasteiger partial charge in [0.05, 0.1) is 23.6 Å². The maximum atomic E-state index is 12.8. The number of carbonyl (C=O) groups is 1. The van der Waals surface area contributed by atoms with Crippen molar-refractivity contribution in [3.8, 4) is 0 Å². The van der Waals surface area contributed by atoms with Gasteiger partial charge in [0.1, 0.15) is 0 Å². The highest BCUT2D eigenvalue weighted by atomic mass is 32.2. The number of imidazole rings is 1. The monoisotopic (exact) mass is 364 g/mol. The Kier molecular flexibility index (Phi) is 4.83. The van der Waals surface area contributed by atoms with Gasteiger partial charge in [0, 0.05) is 37.8 Å². The molecule has 0 bridgehead atoms. The molecule has 0 unspecified atom stereocenters. The first-order valence-electron chi connectivity index (χ1n) is 8.48. The lowest BCUT2D eigenvalue weighted by atomic mass is 10.1. The fraction of sp³-hybridized carbons (Fsp3) is 0.529. The van der Waals surface area contributed by atoms with Crippen LogP contribution in [-0.2, 0) is 10.0 Å². The summed E-state index contributed by atoms with van der Waals surface area (Å²) in [5.74, 6) is -0.0728. The maximum Gasteiger partial charge on any atom is 0.253 e. The van der Waals surface area contributed by atoms with Crippen molar-refractivity contribution in [2.75, 3.05) is 32.4 Å². The Balaban J connectivity index is 1.80. The van der Waals surface area contributed by atoms with Crippen molar-refractivity contribution in [2.24, 2.45) is 0 Å². The van der Waals surface area contributed by atoms with Crippen LogP contribution in [0.25, 0.3) is 11.0 Å². The lowest BCUT2D eigenvalue weighted by Gasteiger charge is -2.21. The van der Waals surface area contributed by atoms with Crippen LogP contribution in [0.1, 0.15) is 36.7 Å². The summed E-state index contributed by atoms with van der Waals surface area (Å²) in [4.78, 5) is 18.9. The van der Waals surface area contributed by atoms with Crippen molar-refractivity contribution in [3.05, 3.63) is 30.1 Å². The quantitative estimate of drug-likeness (QED) is 0.831. The van der Waals surface area contributed by atoms with Crippen LogP contribution < -0.4 is 0 Å². The predicted octanol–water partition coefficient (Wildman–Crippen LogP) is 1.72. The van der Waals surface area contributed by atoms with E-state index in [0.29, 0.717) is 44.2 Å². The van der Waals surface area contributed by atoms with Gasteiger partial charge in [-0.2, -0.15) is 0 Å². The van der Waals surface area contributed by atoms with Gasteiger partial charge < -0.3 is 9.47 Å². The minimum absolute atomic E-state index is 0.0728. The highest BCUT2D eigenvalue weighted by Crippen LogP contribution is 2.20. The van der Waals surface area contributed by atoms with Crippen LogP contribution in [0, 0.1) is 0 Å². The van der Waals surface area contributed by atoms with Gasteiger partial charge in [-0.3, -0.25) is 4.79 Å². The molecular weight excluding hydrogens is 340 g/mol. The second-order valence-electron chi connectivity index (χ2n) is 6.76. The summed E-state index contributed by atoms with van der Waals surface area (Å²) in [6, 6.07) is 5.87. The lowest BCUT2D eigenvalue weighted by molar-refractivity contribution is 0.0764. The predicted molar refractivity (Wildman–Crippen MR) is 97.1 cm³/mol. The fourth-order valence-electron chi connectivity index (χ4n) is 3.19. The van der Waals surface area contributed by atoms with E-state index in [4.69, 9.17) is 0 Å². The van der Waals surface area contributed by atoms with Crippen molar-refractivity contribution in [2.45, 2.75) is 26.3 Å². The Morgan fingerprint density at radius 1 is 1.16 bits per heavy atom. The molecule has 0 saturated carbocycles. The van der Waals surface area contributed by atoms with Crippen molar-refractivity contribution in [3.63, 3.8) is 0 Å². The molecular formula is C17H24N4O3S. The number of hydrogen-bond donors (Lipinski definition) is 0. The van der Waals surface area contributed by atoms with Crippen LogP contribution in [0.5, 0.6) is 0 Å². The number of carbonyl (C=O) groups excluding carboxylic acids is 1. The molecule has 1 aliphatic rings. The normalized spacial score (nSPS) is 17.2. The van der Waals surface area contributed by atoms with E-state index >= 15 is 0 Å². The number of rotatable bonds is 3. The summed E-state index contributed by atoms with van der Waals surface area (Å²) >= 11 is 0. The Morgan fingerprint density at radius 2 is 1.92 bits per heavy atom. The minimum Gasteiger partial charge on any atom is -0.337 e. The van der Waals surface area contributed by atoms with Crippen molar-refractivity contribution in [1.82, 2.24) is 18.8 Å². The first-order valence-corrected chi connectivity index (χ1v) is 10.3. The van der Waals surface area contributed by atoms with Crippen molar-refractivity contribution in [1.29, 1.82) is 0 Å². The first-order chi connectivity index (χ1) is 11.8. The first kappa shape index (κ1) is 17.9. The molecule has 1 fully saturated rings. The molecule has 0 atom stereocenters. The van der Waals surface area contributed by atoms with E-state index in [0.717, 1.165) is 11.0 Å². The van der Waals surface area contributed by atoms with Gasteiger partial charge >= 0.3 is 0 Å². The molecule has 0 radical (unpaired) electrons. The Hall–Kier alpha value is -1.93. The molecule has 0 N–H and O–H groups in total. The van der Waals surface area contributed by atoms with Crippen LogP contribution in [0.2, 0.25) is 0 Å². The zero-order valence-corrected chi connectivity index (χ0v) is 15.7. The second-order valence-corrected chi connectivity index (χ2v) is 8.74. The molecule has 2 heterocycles. The minimum atomic E-state index is -3.21. The molecule has 3 rings (SSSR count). The molecule has 25 heavy (non-hydrogen) atoms. The fourth-order valence-corrected chi connectivity index (χ4v) is 4.06. The van der Waals surface area contributed by atoms with E-state index in [2.05, 4.69) is 23.4 Å². The zero-order valence-electron chi connectivity index (χ0n) is 14.8. The third-order valence-corrected chi connectivity index (χ3v) is 5.89. The molecule has 1 aromatic heterocycles. The molecule has 1 saturated heterocycles. The van der Waals surface area contributed by atoms with Gasteiger partial charge in [0.15, 0.2) is 0 Å². The molecule has 7 nitrogen and oxygen atoms in total. The SMILES string of the molecule is CC(C)n1cnc2cc(C(=O)N3CCCN(S(C)(=O)=O)CC3)ccc21. The van der Waals surface area contributed by atoms with E-state index in [1.807, 2.05) is 18.2 Å². The summed E-state index contributed by atoms with van der Waals surface area (Å²) in [5, 5.41) is 0. The number of benzene rings is 1. The standard InChI is InChI=1S/C17H24N4O3S/c1-13(2)21-12-18-15-11-14(5-6-16(15)21)17(22)19-7-4-8-20(10-9-19)25(3,23)24/h5-6,11-13H,4,7-10H2,1-3H3. The molecule has 136 valence electrons. The number of hydrogen-bond acceptors (Lipinski definition) is 4. The Morgan fingerprint density at radius 3 is 2.60 bits per heavy atom. The average molecular weight is 364 g/mol. The molecule has 8 heteroatoms. The molecule has 1 amide bonds. The highest BCUT2D eigenvalue weighted by molar-refractivity contribution is 7.88. The van der Waals surface area contributed by atoms with Crippen LogP contribution in [-0.4, -0.2) is 65.5 Å². The van der Waals surface area contributed by atoms with E-state index in [-0.39, 0.29) is 5.91 Å². The average Bonchev–Trinajstić information content (AvgIpc) is 2.80. The van der Waals surface area contributed by atoms with Gasteiger partial charge in [-0.1, -0.05) is 0 Å². The van der Waals surface area contributed by atoms with Gasteiger partial charge in [0.2, 0.25) is 10.0 Å². The summed E-state index contributed by atoms with van der Waals surface area (Å²) in [6.07, 6.45) is 3.64. The zero-order chi connectivity index (χ0) is 18.2. The molecule has 1 aromatic carbocycles. The largest absolute Gasteiger partial charge is 0.337 e. The van der Waals surface area contributed by atoms with Crippen LogP contribution in [0.4, 0.5) is 0 Å². The number of amides is 1. The van der Waals surface area contributed by atoms with E-state index in [1.54, 1.807) is 11.2 Å². The summed E-state index contributed by atoms with van der Waals surface area (Å²) in [5.41, 5.74) is 2.40. The Labute approximate surface area is 148 Å². The lowest BCUT2D eigenvalue weighted by Crippen LogP contribution is -2.36. The Bertz CT molecular complexity index is 888. The second kappa shape index (κ2) is 6.76. The molecule has 0 spiro atoms. The number of nitrogens with zero attached hydrogens (tertiary/aromatic N) is 4. The smallest absolute Gasteiger partial charge is 0.253 e. The van der Waals surface area contributed by atoms with Crippen LogP contribution in [0.3, 0.4) is 0 Å². The number of fused-ring (bicyclic) bond motifs is 1. The molecule has 1 aliphatic heterocycles. The highest BCUT2D eigenvalue weighted by Gasteiger charge is 2.24. The molecule has 0 aliphatic carbocycles. The van der Waals surface area contributed by atoms with E-state index in [1.165, 1.54) is 10.6 Å². The third kappa shape index (κ3) is 3.69. The van der Waals surface area contributed by atoms with Crippen LogP contribution >= 0.6 is 0 Å². The number of sulfonamides is 1. The van der Waals surface area contributed by atoms with Gasteiger partial charge in [0.25, 0.3) is 5.91 Å². The maximum absolute atomic E-state index is 12.8. The summed E-state index contributed by atoms with van der Waals surface area (Å²) in [7, 11) is -3.21. The summed E-state index contributed by atoms with van der Waals surface area (Å²) in [6.45, 7) is 5.94. The number of aromatic nitrogens is 2. The van der Waals surface area contributed by atoms with Gasteiger partial charge in [-0.15, -0.1) is 0 Å². The topological polar surface area (TPSA) is 75.5 Å². The van der Waals surface area contributed by atoms with Gasteiger partial charge in [-0.05, 0) is 38.5 Å². The van der Waals surface area contributed by atoms with E-state index in [9.17, 15) is 13.2 Å². The van der Waals surface area contributed by atoms with Crippen LogP contribution in [0.15, 0.2) is 24.5 Å². The van der Waals surface area contributed by atoms with E-state index < -0.39 is 10.0 Å².